The first-order chi connectivity index (χ1) is 10.3. The minimum absolute atomic E-state index is 0.339. The summed E-state index contributed by atoms with van der Waals surface area (Å²) < 4.78 is 7.04. The predicted octanol–water partition coefficient (Wildman–Crippen LogP) is 1.08. The molecule has 0 amide bonds. The Morgan fingerprint density at radius 2 is 2.10 bits per heavy atom. The van der Waals surface area contributed by atoms with Crippen molar-refractivity contribution in [3.63, 3.8) is 0 Å². The van der Waals surface area contributed by atoms with Gasteiger partial charge in [-0.15, -0.1) is 0 Å². The van der Waals surface area contributed by atoms with E-state index in [1.807, 2.05) is 6.92 Å². The number of nitrogens with one attached hydrogen (secondary N) is 2. The highest BCUT2D eigenvalue weighted by Gasteiger charge is 2.29. The Morgan fingerprint density at radius 1 is 1.29 bits per heavy atom. The molecule has 2 aromatic heterocycles. The summed E-state index contributed by atoms with van der Waals surface area (Å²) in [5.74, 6) is 1.68. The van der Waals surface area contributed by atoms with Crippen molar-refractivity contribution in [2.24, 2.45) is 0 Å². The normalized spacial score (nSPS) is 20.9. The first kappa shape index (κ1) is 13.7. The first-order valence-electron chi connectivity index (χ1n) is 7.06. The van der Waals surface area contributed by atoms with Crippen LogP contribution in [0.3, 0.4) is 0 Å². The standard InChI is InChI=1S/C13H19N7O/c1-3-15-11-17-12(16-9-6-10(7-9)21-2)19-13(18-11)20-5-4-14-8-20/h4-5,8-10H,3,6-7H2,1-2H3,(H2,15,16,17,18,19). The van der Waals surface area contributed by atoms with Crippen molar-refractivity contribution in [2.45, 2.75) is 31.9 Å². The highest BCUT2D eigenvalue weighted by molar-refractivity contribution is 5.39. The van der Waals surface area contributed by atoms with E-state index in [2.05, 4.69) is 30.6 Å². The maximum atomic E-state index is 5.28. The monoisotopic (exact) mass is 289 g/mol. The van der Waals surface area contributed by atoms with Gasteiger partial charge in [-0.1, -0.05) is 0 Å². The van der Waals surface area contributed by atoms with E-state index >= 15 is 0 Å². The van der Waals surface area contributed by atoms with Crippen molar-refractivity contribution in [1.29, 1.82) is 0 Å². The molecular formula is C13H19N7O. The predicted molar refractivity (Wildman–Crippen MR) is 78.6 cm³/mol. The van der Waals surface area contributed by atoms with E-state index in [9.17, 15) is 0 Å². The molecule has 0 aromatic carbocycles. The molecule has 2 aromatic rings. The second-order valence-corrected chi connectivity index (χ2v) is 4.95. The summed E-state index contributed by atoms with van der Waals surface area (Å²) in [5, 5.41) is 6.45. The molecule has 1 aliphatic carbocycles. The fraction of sp³-hybridized carbons (Fsp3) is 0.538. The Morgan fingerprint density at radius 3 is 2.76 bits per heavy atom. The third-order valence-electron chi connectivity index (χ3n) is 3.46. The van der Waals surface area contributed by atoms with Crippen molar-refractivity contribution in [1.82, 2.24) is 24.5 Å². The SMILES string of the molecule is CCNc1nc(NC2CC(OC)C2)nc(-n2ccnc2)n1. The second-order valence-electron chi connectivity index (χ2n) is 4.95. The molecule has 0 saturated heterocycles. The second kappa shape index (κ2) is 6.04. The molecule has 1 fully saturated rings. The third-order valence-corrected chi connectivity index (χ3v) is 3.46. The summed E-state index contributed by atoms with van der Waals surface area (Å²) >= 11 is 0. The summed E-state index contributed by atoms with van der Waals surface area (Å²) in [6.45, 7) is 2.75. The van der Waals surface area contributed by atoms with Gasteiger partial charge in [0.1, 0.15) is 6.33 Å². The molecule has 0 radical (unpaired) electrons. The van der Waals surface area contributed by atoms with Crippen molar-refractivity contribution in [3.8, 4) is 5.95 Å². The molecule has 0 atom stereocenters. The number of rotatable bonds is 6. The molecule has 1 saturated carbocycles. The van der Waals surface area contributed by atoms with Gasteiger partial charge in [-0.05, 0) is 19.8 Å². The molecule has 2 N–H and O–H groups in total. The molecule has 0 bridgehead atoms. The Labute approximate surface area is 123 Å². The van der Waals surface area contributed by atoms with Crippen LogP contribution in [0.5, 0.6) is 0 Å². The van der Waals surface area contributed by atoms with Gasteiger partial charge in [0.25, 0.3) is 0 Å². The van der Waals surface area contributed by atoms with Crippen LogP contribution >= 0.6 is 0 Å². The van der Waals surface area contributed by atoms with E-state index in [-0.39, 0.29) is 0 Å². The average Bonchev–Trinajstić information content (AvgIpc) is 2.96. The zero-order valence-corrected chi connectivity index (χ0v) is 12.2. The van der Waals surface area contributed by atoms with Crippen molar-refractivity contribution in [2.75, 3.05) is 24.3 Å². The van der Waals surface area contributed by atoms with Gasteiger partial charge in [0.05, 0.1) is 6.10 Å². The molecular weight excluding hydrogens is 270 g/mol. The maximum absolute atomic E-state index is 5.28. The van der Waals surface area contributed by atoms with Crippen LogP contribution in [-0.2, 0) is 4.74 Å². The number of imidazole rings is 1. The number of methoxy groups -OCH3 is 1. The van der Waals surface area contributed by atoms with E-state index in [1.165, 1.54) is 0 Å². The lowest BCUT2D eigenvalue weighted by Crippen LogP contribution is -2.40. The molecule has 0 spiro atoms. The number of hydrogen-bond donors (Lipinski definition) is 2. The zero-order chi connectivity index (χ0) is 14.7. The summed E-state index contributed by atoms with van der Waals surface area (Å²) in [4.78, 5) is 17.2. The van der Waals surface area contributed by atoms with E-state index in [0.29, 0.717) is 30.0 Å². The van der Waals surface area contributed by atoms with Gasteiger partial charge in [-0.2, -0.15) is 15.0 Å². The minimum Gasteiger partial charge on any atom is -0.381 e. The Balaban J connectivity index is 1.79. The molecule has 21 heavy (non-hydrogen) atoms. The number of nitrogens with zero attached hydrogens (tertiary/aromatic N) is 5. The Bertz CT molecular complexity index is 580. The number of ether oxygens (including phenoxy) is 1. The van der Waals surface area contributed by atoms with E-state index in [0.717, 1.165) is 19.4 Å². The van der Waals surface area contributed by atoms with Crippen LogP contribution in [0.15, 0.2) is 18.7 Å². The third kappa shape index (κ3) is 3.10. The molecule has 112 valence electrons. The molecule has 8 nitrogen and oxygen atoms in total. The lowest BCUT2D eigenvalue weighted by atomic mass is 9.89. The fourth-order valence-electron chi connectivity index (χ4n) is 2.22. The largest absolute Gasteiger partial charge is 0.381 e. The van der Waals surface area contributed by atoms with Gasteiger partial charge >= 0.3 is 0 Å². The van der Waals surface area contributed by atoms with Crippen molar-refractivity contribution < 1.29 is 4.74 Å². The van der Waals surface area contributed by atoms with E-state index < -0.39 is 0 Å². The molecule has 0 unspecified atom stereocenters. The van der Waals surface area contributed by atoms with Crippen LogP contribution < -0.4 is 10.6 Å². The summed E-state index contributed by atoms with van der Waals surface area (Å²) in [6, 6.07) is 0.350. The molecule has 8 heteroatoms. The summed E-state index contributed by atoms with van der Waals surface area (Å²) in [7, 11) is 1.74. The van der Waals surface area contributed by atoms with Gasteiger partial charge in [-0.3, -0.25) is 4.57 Å². The molecule has 0 aliphatic heterocycles. The Kier molecular flexibility index (Phi) is 3.96. The molecule has 3 rings (SSSR count). The van der Waals surface area contributed by atoms with Gasteiger partial charge in [0.2, 0.25) is 17.8 Å². The van der Waals surface area contributed by atoms with Gasteiger partial charge in [0.15, 0.2) is 0 Å². The number of anilines is 2. The van der Waals surface area contributed by atoms with E-state index in [4.69, 9.17) is 4.74 Å². The number of hydrogen-bond acceptors (Lipinski definition) is 7. The van der Waals surface area contributed by atoms with Gasteiger partial charge in [0, 0.05) is 32.1 Å². The van der Waals surface area contributed by atoms with Crippen LogP contribution in [0.1, 0.15) is 19.8 Å². The highest BCUT2D eigenvalue weighted by atomic mass is 16.5. The van der Waals surface area contributed by atoms with Crippen molar-refractivity contribution >= 4 is 11.9 Å². The highest BCUT2D eigenvalue weighted by Crippen LogP contribution is 2.25. The Hall–Kier alpha value is -2.22. The first-order valence-corrected chi connectivity index (χ1v) is 7.06. The average molecular weight is 289 g/mol. The lowest BCUT2D eigenvalue weighted by molar-refractivity contribution is 0.0327. The smallest absolute Gasteiger partial charge is 0.241 e. The summed E-state index contributed by atoms with van der Waals surface area (Å²) in [6.07, 6.45) is 7.45. The minimum atomic E-state index is 0.339. The van der Waals surface area contributed by atoms with Crippen LogP contribution in [0, 0.1) is 0 Å². The van der Waals surface area contributed by atoms with Crippen molar-refractivity contribution in [3.05, 3.63) is 18.7 Å². The maximum Gasteiger partial charge on any atom is 0.241 e. The van der Waals surface area contributed by atoms with E-state index in [1.54, 1.807) is 30.4 Å². The zero-order valence-electron chi connectivity index (χ0n) is 12.2. The van der Waals surface area contributed by atoms with Crippen LogP contribution in [0.4, 0.5) is 11.9 Å². The van der Waals surface area contributed by atoms with Crippen LogP contribution in [-0.4, -0.2) is 50.3 Å². The van der Waals surface area contributed by atoms with Gasteiger partial charge < -0.3 is 15.4 Å². The van der Waals surface area contributed by atoms with Crippen LogP contribution in [0.25, 0.3) is 5.95 Å². The number of aromatic nitrogens is 5. The quantitative estimate of drug-likeness (QED) is 0.822. The van der Waals surface area contributed by atoms with Gasteiger partial charge in [-0.25, -0.2) is 4.98 Å². The van der Waals surface area contributed by atoms with Crippen LogP contribution in [0.2, 0.25) is 0 Å². The topological polar surface area (TPSA) is 89.8 Å². The molecule has 1 aliphatic rings. The fourth-order valence-corrected chi connectivity index (χ4v) is 2.22. The summed E-state index contributed by atoms with van der Waals surface area (Å²) in [5.41, 5.74) is 0. The lowest BCUT2D eigenvalue weighted by Gasteiger charge is -2.34. The molecule has 2 heterocycles.